The molecule has 10 heavy (non-hydrogen) atoms. The molecule has 1 saturated heterocycles. The summed E-state index contributed by atoms with van der Waals surface area (Å²) in [5.41, 5.74) is 0. The summed E-state index contributed by atoms with van der Waals surface area (Å²) in [6.07, 6.45) is 4.80. The Bertz CT molecular complexity index is 205. The van der Waals surface area contributed by atoms with Gasteiger partial charge in [0.25, 0.3) is 0 Å². The summed E-state index contributed by atoms with van der Waals surface area (Å²) in [4.78, 5) is 0. The molecule has 0 bridgehead atoms. The van der Waals surface area contributed by atoms with Crippen molar-refractivity contribution in [3.05, 3.63) is 12.7 Å². The largest absolute Gasteiger partial charge is 0.351 e. The molecule has 1 aliphatic carbocycles. The van der Waals surface area contributed by atoms with Gasteiger partial charge in [0.2, 0.25) is 0 Å². The summed E-state index contributed by atoms with van der Waals surface area (Å²) in [7, 11) is 0. The van der Waals surface area contributed by atoms with Crippen molar-refractivity contribution in [2.75, 3.05) is 0 Å². The molecule has 1 aliphatic heterocycles. The maximum absolute atomic E-state index is 5.15. The maximum Gasteiger partial charge on any atom is 0.148 e. The first-order chi connectivity index (χ1) is 4.90. The lowest BCUT2D eigenvalue weighted by molar-refractivity contribution is 0.417. The van der Waals surface area contributed by atoms with E-state index in [0.717, 1.165) is 0 Å². The highest BCUT2D eigenvalue weighted by atomic mass is 16.6. The van der Waals surface area contributed by atoms with Crippen LogP contribution in [0.1, 0.15) is 12.8 Å². The Morgan fingerprint density at radius 3 is 2.70 bits per heavy atom. The fourth-order valence-corrected chi connectivity index (χ4v) is 0.847. The Hall–Kier alpha value is -0.740. The highest BCUT2D eigenvalue weighted by Gasteiger charge is 2.34. The van der Waals surface area contributed by atoms with Crippen LogP contribution in [0, 0.1) is 17.8 Å². The zero-order valence-electron chi connectivity index (χ0n) is 5.84. The van der Waals surface area contributed by atoms with E-state index < -0.39 is 0 Å². The molecule has 0 N–H and O–H groups in total. The van der Waals surface area contributed by atoms with Crippen LogP contribution < -0.4 is 0 Å². The third-order valence-corrected chi connectivity index (χ3v) is 1.76. The molecule has 0 aromatic heterocycles. The molecular formula is C9H10O. The molecular weight excluding hydrogens is 124 g/mol. The molecule has 1 heteroatoms. The minimum Gasteiger partial charge on any atom is -0.351 e. The minimum absolute atomic E-state index is 0.179. The lowest BCUT2D eigenvalue weighted by atomic mass is 10.3. The normalized spacial score (nSPS) is 36.0. The molecule has 0 amide bonds. The molecule has 0 unspecified atom stereocenters. The van der Waals surface area contributed by atoms with Gasteiger partial charge in [-0.1, -0.05) is 17.9 Å². The predicted molar refractivity (Wildman–Crippen MR) is 39.4 cm³/mol. The topological polar surface area (TPSA) is 12.5 Å². The van der Waals surface area contributed by atoms with E-state index in [1.54, 1.807) is 0 Å². The molecule has 1 heterocycles. The summed E-state index contributed by atoms with van der Waals surface area (Å²) in [6.45, 7) is 3.62. The lowest BCUT2D eigenvalue weighted by Gasteiger charge is -1.71. The summed E-state index contributed by atoms with van der Waals surface area (Å²) >= 11 is 0. The zero-order chi connectivity index (χ0) is 6.97. The average molecular weight is 134 g/mol. The second kappa shape index (κ2) is 2.14. The van der Waals surface area contributed by atoms with Crippen molar-refractivity contribution in [1.82, 2.24) is 0 Å². The highest BCUT2D eigenvalue weighted by molar-refractivity contribution is 5.21. The maximum atomic E-state index is 5.15. The monoisotopic (exact) mass is 134 g/mol. The number of epoxide rings is 1. The quantitative estimate of drug-likeness (QED) is 0.299. The molecule has 2 rings (SSSR count). The van der Waals surface area contributed by atoms with Crippen molar-refractivity contribution < 1.29 is 4.74 Å². The van der Waals surface area contributed by atoms with E-state index in [0.29, 0.717) is 5.92 Å². The molecule has 1 saturated carbocycles. The number of ether oxygens (including phenoxy) is 1. The van der Waals surface area contributed by atoms with Crippen LogP contribution in [0.2, 0.25) is 0 Å². The van der Waals surface area contributed by atoms with Gasteiger partial charge in [0.05, 0.1) is 0 Å². The van der Waals surface area contributed by atoms with Gasteiger partial charge in [-0.15, -0.1) is 6.58 Å². The van der Waals surface area contributed by atoms with E-state index in [1.807, 2.05) is 6.08 Å². The molecule has 52 valence electrons. The van der Waals surface area contributed by atoms with E-state index in [9.17, 15) is 0 Å². The smallest absolute Gasteiger partial charge is 0.148 e. The Morgan fingerprint density at radius 1 is 1.40 bits per heavy atom. The third kappa shape index (κ3) is 1.22. The third-order valence-electron chi connectivity index (χ3n) is 1.76. The van der Waals surface area contributed by atoms with Crippen LogP contribution >= 0.6 is 0 Å². The van der Waals surface area contributed by atoms with E-state index in [-0.39, 0.29) is 12.2 Å². The Labute approximate surface area is 61.1 Å². The van der Waals surface area contributed by atoms with E-state index in [1.165, 1.54) is 12.8 Å². The van der Waals surface area contributed by atoms with Crippen LogP contribution in [0.3, 0.4) is 0 Å². The van der Waals surface area contributed by atoms with Crippen molar-refractivity contribution in [2.24, 2.45) is 5.92 Å². The average Bonchev–Trinajstić information content (AvgIpc) is 2.82. The van der Waals surface area contributed by atoms with Crippen molar-refractivity contribution in [3.8, 4) is 11.8 Å². The lowest BCUT2D eigenvalue weighted by Crippen LogP contribution is -1.83. The first kappa shape index (κ1) is 6.00. The van der Waals surface area contributed by atoms with Gasteiger partial charge in [-0.05, 0) is 12.8 Å². The van der Waals surface area contributed by atoms with Crippen LogP contribution in [0.25, 0.3) is 0 Å². The number of hydrogen-bond acceptors (Lipinski definition) is 1. The molecule has 1 nitrogen and oxygen atoms in total. The van der Waals surface area contributed by atoms with Gasteiger partial charge in [0, 0.05) is 5.92 Å². The SMILES string of the molecule is C=C[C@@H]1O[C@H]1C#CC1CC1. The molecule has 0 aromatic carbocycles. The molecule has 0 aromatic rings. The zero-order valence-corrected chi connectivity index (χ0v) is 5.84. The second-order valence-corrected chi connectivity index (χ2v) is 2.82. The van der Waals surface area contributed by atoms with Crippen LogP contribution in [0.5, 0.6) is 0 Å². The Kier molecular flexibility index (Phi) is 1.28. The number of hydrogen-bond donors (Lipinski definition) is 0. The molecule has 0 radical (unpaired) electrons. The van der Waals surface area contributed by atoms with Crippen molar-refractivity contribution in [2.45, 2.75) is 25.0 Å². The van der Waals surface area contributed by atoms with E-state index in [2.05, 4.69) is 18.4 Å². The first-order valence-corrected chi connectivity index (χ1v) is 3.69. The summed E-state index contributed by atoms with van der Waals surface area (Å²) in [5, 5.41) is 0. The Balaban J connectivity index is 1.82. The summed E-state index contributed by atoms with van der Waals surface area (Å²) in [5.74, 6) is 6.93. The molecule has 0 spiro atoms. The van der Waals surface area contributed by atoms with Crippen LogP contribution in [-0.2, 0) is 4.74 Å². The number of rotatable bonds is 1. The van der Waals surface area contributed by atoms with Crippen molar-refractivity contribution in [1.29, 1.82) is 0 Å². The van der Waals surface area contributed by atoms with Gasteiger partial charge in [0.1, 0.15) is 12.2 Å². The minimum atomic E-state index is 0.179. The van der Waals surface area contributed by atoms with Crippen LogP contribution in [0.4, 0.5) is 0 Å². The van der Waals surface area contributed by atoms with Crippen molar-refractivity contribution in [3.63, 3.8) is 0 Å². The standard InChI is InChI=1S/C9H10O/c1-2-8-9(10-8)6-5-7-3-4-7/h2,7-9H,1,3-4H2/t8-,9-/m0/s1. The summed E-state index contributed by atoms with van der Waals surface area (Å²) in [6, 6.07) is 0. The van der Waals surface area contributed by atoms with Crippen LogP contribution in [-0.4, -0.2) is 12.2 Å². The van der Waals surface area contributed by atoms with E-state index in [4.69, 9.17) is 4.74 Å². The highest BCUT2D eigenvalue weighted by Crippen LogP contribution is 2.29. The van der Waals surface area contributed by atoms with Crippen LogP contribution in [0.15, 0.2) is 12.7 Å². The molecule has 2 fully saturated rings. The first-order valence-electron chi connectivity index (χ1n) is 3.69. The van der Waals surface area contributed by atoms with Gasteiger partial charge in [-0.2, -0.15) is 0 Å². The Morgan fingerprint density at radius 2 is 2.20 bits per heavy atom. The van der Waals surface area contributed by atoms with Gasteiger partial charge in [0.15, 0.2) is 0 Å². The van der Waals surface area contributed by atoms with Gasteiger partial charge in [-0.3, -0.25) is 0 Å². The van der Waals surface area contributed by atoms with E-state index >= 15 is 0 Å². The molecule has 2 aliphatic rings. The van der Waals surface area contributed by atoms with Gasteiger partial charge >= 0.3 is 0 Å². The van der Waals surface area contributed by atoms with Gasteiger partial charge < -0.3 is 4.74 Å². The van der Waals surface area contributed by atoms with Gasteiger partial charge in [-0.25, -0.2) is 0 Å². The fourth-order valence-electron chi connectivity index (χ4n) is 0.847. The fraction of sp³-hybridized carbons (Fsp3) is 0.556. The second-order valence-electron chi connectivity index (χ2n) is 2.82. The molecule has 2 atom stereocenters. The van der Waals surface area contributed by atoms with Crippen molar-refractivity contribution >= 4 is 0 Å². The predicted octanol–water partition coefficient (Wildman–Crippen LogP) is 1.35. The summed E-state index contributed by atoms with van der Waals surface area (Å²) < 4.78 is 5.15.